The second-order valence-electron chi connectivity index (χ2n) is 10.1. The van der Waals surface area contributed by atoms with Gasteiger partial charge in [0.15, 0.2) is 6.29 Å². The van der Waals surface area contributed by atoms with E-state index in [1.807, 2.05) is 6.07 Å². The largest absolute Gasteiger partial charge is 0.445 e. The first-order valence-corrected chi connectivity index (χ1v) is 13.7. The van der Waals surface area contributed by atoms with Crippen molar-refractivity contribution in [3.63, 3.8) is 0 Å². The summed E-state index contributed by atoms with van der Waals surface area (Å²) in [5, 5.41) is 2.79. The number of carbonyl (C=O) groups is 1. The molecule has 236 valence electrons. The molecule has 0 unspecified atom stereocenters. The van der Waals surface area contributed by atoms with Gasteiger partial charge in [-0.2, -0.15) is 26.3 Å². The highest BCUT2D eigenvalue weighted by Crippen LogP contribution is 2.38. The van der Waals surface area contributed by atoms with Gasteiger partial charge in [-0.05, 0) is 54.3 Å². The molecule has 1 aliphatic heterocycles. The van der Waals surface area contributed by atoms with Gasteiger partial charge >= 0.3 is 18.4 Å². The van der Waals surface area contributed by atoms with Crippen LogP contribution in [-0.2, 0) is 43.4 Å². The lowest BCUT2D eigenvalue weighted by Crippen LogP contribution is -2.48. The van der Waals surface area contributed by atoms with E-state index in [1.165, 1.54) is 6.92 Å². The van der Waals surface area contributed by atoms with Crippen molar-refractivity contribution in [1.29, 1.82) is 0 Å². The van der Waals surface area contributed by atoms with E-state index in [4.69, 9.17) is 18.9 Å². The Bertz CT molecular complexity index is 1360. The fraction of sp³-hybridized carbons (Fsp3) is 0.344. The predicted molar refractivity (Wildman–Crippen MR) is 148 cm³/mol. The number of amides is 1. The van der Waals surface area contributed by atoms with Crippen LogP contribution in [0.1, 0.15) is 47.3 Å². The van der Waals surface area contributed by atoms with Gasteiger partial charge in [0.1, 0.15) is 12.1 Å². The summed E-state index contributed by atoms with van der Waals surface area (Å²) in [6.45, 7) is 1.74. The van der Waals surface area contributed by atoms with Gasteiger partial charge in [-0.1, -0.05) is 66.7 Å². The van der Waals surface area contributed by atoms with Crippen molar-refractivity contribution in [2.45, 2.75) is 50.2 Å². The molecule has 1 N–H and O–H groups in total. The lowest BCUT2D eigenvalue weighted by molar-refractivity contribution is -0.150. The Morgan fingerprint density at radius 2 is 1.45 bits per heavy atom. The van der Waals surface area contributed by atoms with Crippen molar-refractivity contribution >= 4 is 6.09 Å². The Kier molecular flexibility index (Phi) is 10.7. The first-order valence-electron chi connectivity index (χ1n) is 13.7. The normalized spacial score (nSPS) is 16.8. The molecule has 1 aliphatic rings. The highest BCUT2D eigenvalue weighted by atomic mass is 19.4. The molecule has 0 bridgehead atoms. The zero-order chi connectivity index (χ0) is 31.8. The van der Waals surface area contributed by atoms with E-state index in [1.54, 1.807) is 66.7 Å². The SMILES string of the molecule is C[C@@H](OC[C@@](/C=C/C1OCCCO1)(NC(=O)OCc1ccccc1)c1ccccc1)c1cc(C(F)(F)F)cc(C(F)(F)F)c1. The minimum absolute atomic E-state index is 0.0572. The van der Waals surface area contributed by atoms with Crippen LogP contribution in [0.25, 0.3) is 0 Å². The predicted octanol–water partition coefficient (Wildman–Crippen LogP) is 7.94. The number of hydrogen-bond acceptors (Lipinski definition) is 5. The summed E-state index contributed by atoms with van der Waals surface area (Å²) < 4.78 is 104. The third-order valence-corrected chi connectivity index (χ3v) is 6.86. The zero-order valence-electron chi connectivity index (χ0n) is 23.7. The van der Waals surface area contributed by atoms with E-state index in [2.05, 4.69) is 5.32 Å². The Hall–Kier alpha value is -3.87. The number of carbonyl (C=O) groups excluding carboxylic acids is 1. The van der Waals surface area contributed by atoms with Crippen LogP contribution in [0.4, 0.5) is 31.1 Å². The molecule has 1 fully saturated rings. The quantitative estimate of drug-likeness (QED) is 0.184. The lowest BCUT2D eigenvalue weighted by atomic mass is 9.89. The number of alkyl halides is 6. The van der Waals surface area contributed by atoms with Crippen molar-refractivity contribution in [3.8, 4) is 0 Å². The van der Waals surface area contributed by atoms with Crippen molar-refractivity contribution in [2.75, 3.05) is 19.8 Å². The fourth-order valence-electron chi connectivity index (χ4n) is 4.48. The number of ether oxygens (including phenoxy) is 4. The number of hydrogen-bond donors (Lipinski definition) is 1. The number of rotatable bonds is 10. The minimum atomic E-state index is -5.02. The van der Waals surface area contributed by atoms with E-state index in [9.17, 15) is 31.1 Å². The molecule has 44 heavy (non-hydrogen) atoms. The molecular weight excluding hydrogens is 592 g/mol. The molecule has 1 amide bonds. The minimum Gasteiger partial charge on any atom is -0.445 e. The van der Waals surface area contributed by atoms with Crippen LogP contribution in [0.5, 0.6) is 0 Å². The smallest absolute Gasteiger partial charge is 0.416 e. The second kappa shape index (κ2) is 14.3. The summed E-state index contributed by atoms with van der Waals surface area (Å²) in [5.41, 5.74) is -3.54. The maximum Gasteiger partial charge on any atom is 0.416 e. The molecule has 4 rings (SSSR count). The third-order valence-electron chi connectivity index (χ3n) is 6.86. The number of alkyl carbamates (subject to hydrolysis) is 1. The monoisotopic (exact) mass is 623 g/mol. The Labute approximate surface area is 250 Å². The van der Waals surface area contributed by atoms with Crippen LogP contribution in [0.2, 0.25) is 0 Å². The van der Waals surface area contributed by atoms with E-state index in [0.717, 1.165) is 5.56 Å². The van der Waals surface area contributed by atoms with Crippen LogP contribution in [0.15, 0.2) is 91.0 Å². The van der Waals surface area contributed by atoms with Crippen LogP contribution < -0.4 is 5.32 Å². The molecule has 3 aromatic rings. The molecule has 12 heteroatoms. The van der Waals surface area contributed by atoms with E-state index in [-0.39, 0.29) is 18.2 Å². The molecule has 0 radical (unpaired) electrons. The fourth-order valence-corrected chi connectivity index (χ4v) is 4.48. The van der Waals surface area contributed by atoms with Gasteiger partial charge in [0.2, 0.25) is 0 Å². The molecule has 0 aliphatic carbocycles. The summed E-state index contributed by atoms with van der Waals surface area (Å²) >= 11 is 0. The van der Waals surface area contributed by atoms with Gasteiger partial charge in [-0.3, -0.25) is 0 Å². The van der Waals surface area contributed by atoms with Crippen LogP contribution in [0.3, 0.4) is 0 Å². The molecule has 0 saturated carbocycles. The van der Waals surface area contributed by atoms with Gasteiger partial charge in [-0.15, -0.1) is 0 Å². The second-order valence-corrected chi connectivity index (χ2v) is 10.1. The lowest BCUT2D eigenvalue weighted by Gasteiger charge is -2.34. The Morgan fingerprint density at radius 3 is 2.02 bits per heavy atom. The van der Waals surface area contributed by atoms with Gasteiger partial charge < -0.3 is 24.3 Å². The maximum atomic E-state index is 13.5. The highest BCUT2D eigenvalue weighted by Gasteiger charge is 2.38. The van der Waals surface area contributed by atoms with Crippen LogP contribution in [-0.4, -0.2) is 32.2 Å². The zero-order valence-corrected chi connectivity index (χ0v) is 23.7. The Balaban J connectivity index is 1.66. The molecule has 0 spiro atoms. The Morgan fingerprint density at radius 1 is 0.886 bits per heavy atom. The summed E-state index contributed by atoms with van der Waals surface area (Å²) in [4.78, 5) is 13.1. The molecule has 3 aromatic carbocycles. The molecule has 1 saturated heterocycles. The van der Waals surface area contributed by atoms with Gasteiger partial charge in [-0.25, -0.2) is 4.79 Å². The first-order chi connectivity index (χ1) is 20.9. The summed E-state index contributed by atoms with van der Waals surface area (Å²) in [7, 11) is 0. The average Bonchev–Trinajstić information content (AvgIpc) is 3.01. The summed E-state index contributed by atoms with van der Waals surface area (Å²) in [6, 6.07) is 18.7. The number of halogens is 6. The van der Waals surface area contributed by atoms with Crippen molar-refractivity contribution < 1.29 is 50.1 Å². The van der Waals surface area contributed by atoms with E-state index in [0.29, 0.717) is 37.3 Å². The third kappa shape index (κ3) is 9.07. The van der Waals surface area contributed by atoms with Crippen LogP contribution >= 0.6 is 0 Å². The number of benzene rings is 3. The maximum absolute atomic E-state index is 13.5. The number of nitrogens with one attached hydrogen (secondary N) is 1. The van der Waals surface area contributed by atoms with Gasteiger partial charge in [0.05, 0.1) is 37.1 Å². The summed E-state index contributed by atoms with van der Waals surface area (Å²) in [5.74, 6) is 0. The molecule has 1 heterocycles. The topological polar surface area (TPSA) is 66.0 Å². The van der Waals surface area contributed by atoms with Crippen LogP contribution in [0, 0.1) is 0 Å². The first kappa shape index (κ1) is 33.0. The van der Waals surface area contributed by atoms with E-state index < -0.39 is 54.1 Å². The van der Waals surface area contributed by atoms with Gasteiger partial charge in [0, 0.05) is 0 Å². The van der Waals surface area contributed by atoms with Gasteiger partial charge in [0.25, 0.3) is 0 Å². The van der Waals surface area contributed by atoms with Crippen molar-refractivity contribution in [1.82, 2.24) is 5.32 Å². The average molecular weight is 624 g/mol. The van der Waals surface area contributed by atoms with Crippen molar-refractivity contribution in [2.24, 2.45) is 0 Å². The highest BCUT2D eigenvalue weighted by molar-refractivity contribution is 5.69. The molecule has 6 nitrogen and oxygen atoms in total. The summed E-state index contributed by atoms with van der Waals surface area (Å²) in [6.07, 6.45) is -9.08. The van der Waals surface area contributed by atoms with Crippen molar-refractivity contribution in [3.05, 3.63) is 119 Å². The molecule has 2 atom stereocenters. The molecular formula is C32H31F6NO5. The van der Waals surface area contributed by atoms with E-state index >= 15 is 0 Å². The standard InChI is InChI=1S/C32H31F6NO5/c1-22(24-17-26(31(33,34)35)19-27(18-24)32(36,37)38)44-21-30(25-11-6-3-7-12-25,14-13-28-41-15-8-16-42-28)39-29(40)43-20-23-9-4-2-5-10-23/h2-7,9-14,17-19,22,28H,8,15-16,20-21H2,1H3,(H,39,40)/b14-13+/t22-,30-/m1/s1. The molecule has 0 aromatic heterocycles.